The van der Waals surface area contributed by atoms with Crippen LogP contribution in [0, 0.1) is 0 Å². The van der Waals surface area contributed by atoms with Gasteiger partial charge < -0.3 is 19.6 Å². The fraction of sp³-hybridized carbons (Fsp3) is 0.385. The summed E-state index contributed by atoms with van der Waals surface area (Å²) in [7, 11) is 1.52. The molecular formula is C13H16N2O4S. The van der Waals surface area contributed by atoms with Gasteiger partial charge in [0, 0.05) is 24.6 Å². The number of hydrogen-bond acceptors (Lipinski definition) is 6. The van der Waals surface area contributed by atoms with E-state index in [0.717, 1.165) is 10.6 Å². The van der Waals surface area contributed by atoms with E-state index in [0.29, 0.717) is 18.7 Å². The van der Waals surface area contributed by atoms with Crippen molar-refractivity contribution in [1.29, 1.82) is 0 Å². The summed E-state index contributed by atoms with van der Waals surface area (Å²) in [6.07, 6.45) is 3.02. The summed E-state index contributed by atoms with van der Waals surface area (Å²) < 4.78 is 9.79. The highest BCUT2D eigenvalue weighted by molar-refractivity contribution is 7.13. The number of aliphatic hydroxyl groups excluding tert-OH is 1. The summed E-state index contributed by atoms with van der Waals surface area (Å²) in [6.45, 7) is 0.638. The zero-order chi connectivity index (χ0) is 14.4. The van der Waals surface area contributed by atoms with Gasteiger partial charge in [0.25, 0.3) is 5.91 Å². The average molecular weight is 296 g/mol. The van der Waals surface area contributed by atoms with Crippen LogP contribution in [0.25, 0.3) is 10.6 Å². The van der Waals surface area contributed by atoms with E-state index in [9.17, 15) is 9.90 Å². The molecule has 1 amide bonds. The van der Waals surface area contributed by atoms with Crippen molar-refractivity contribution >= 4 is 17.2 Å². The molecule has 6 nitrogen and oxygen atoms in total. The largest absolute Gasteiger partial charge is 0.472 e. The lowest BCUT2D eigenvalue weighted by Gasteiger charge is -2.09. The van der Waals surface area contributed by atoms with E-state index < -0.39 is 6.10 Å². The lowest BCUT2D eigenvalue weighted by atomic mass is 10.2. The average Bonchev–Trinajstić information content (AvgIpc) is 3.10. The van der Waals surface area contributed by atoms with Crippen LogP contribution < -0.4 is 5.32 Å². The Bertz CT molecular complexity index is 538. The number of hydrogen-bond donors (Lipinski definition) is 2. The summed E-state index contributed by atoms with van der Waals surface area (Å²) in [5.74, 6) is -0.249. The van der Waals surface area contributed by atoms with Crippen LogP contribution in [0.1, 0.15) is 16.9 Å². The van der Waals surface area contributed by atoms with Crippen molar-refractivity contribution in [1.82, 2.24) is 10.3 Å². The van der Waals surface area contributed by atoms with Crippen molar-refractivity contribution in [2.75, 3.05) is 20.3 Å². The predicted molar refractivity (Wildman–Crippen MR) is 74.6 cm³/mol. The number of nitrogens with one attached hydrogen (secondary N) is 1. The van der Waals surface area contributed by atoms with Crippen molar-refractivity contribution in [2.45, 2.75) is 12.5 Å². The summed E-state index contributed by atoms with van der Waals surface area (Å²) in [5.41, 5.74) is 1.22. The van der Waals surface area contributed by atoms with Crippen LogP contribution in [0.5, 0.6) is 0 Å². The standard InChI is InChI=1S/C13H16N2O4S/c1-18-7-10(16)2-4-14-12(17)11-8-20-13(15-11)9-3-5-19-6-9/h3,5-6,8,10,16H,2,4,7H2,1H3,(H,14,17). The monoisotopic (exact) mass is 296 g/mol. The van der Waals surface area contributed by atoms with Crippen LogP contribution in [0.3, 0.4) is 0 Å². The zero-order valence-electron chi connectivity index (χ0n) is 11.0. The Morgan fingerprint density at radius 2 is 2.50 bits per heavy atom. The van der Waals surface area contributed by atoms with E-state index in [2.05, 4.69) is 10.3 Å². The molecule has 1 atom stereocenters. The molecule has 0 bridgehead atoms. The molecule has 0 saturated heterocycles. The van der Waals surface area contributed by atoms with Crippen LogP contribution in [0.4, 0.5) is 0 Å². The van der Waals surface area contributed by atoms with Gasteiger partial charge in [-0.3, -0.25) is 4.79 Å². The third-order valence-electron chi connectivity index (χ3n) is 2.63. The number of carbonyl (C=O) groups excluding carboxylic acids is 1. The number of rotatable bonds is 7. The van der Waals surface area contributed by atoms with Gasteiger partial charge in [-0.2, -0.15) is 0 Å². The lowest BCUT2D eigenvalue weighted by Crippen LogP contribution is -2.28. The molecule has 1 unspecified atom stereocenters. The first-order chi connectivity index (χ1) is 9.70. The van der Waals surface area contributed by atoms with Crippen LogP contribution in [0.2, 0.25) is 0 Å². The van der Waals surface area contributed by atoms with Gasteiger partial charge in [0.2, 0.25) is 0 Å². The molecule has 0 saturated carbocycles. The van der Waals surface area contributed by atoms with Gasteiger partial charge in [0.15, 0.2) is 0 Å². The molecular weight excluding hydrogens is 280 g/mol. The Kier molecular flexibility index (Phi) is 5.28. The maximum absolute atomic E-state index is 11.9. The zero-order valence-corrected chi connectivity index (χ0v) is 11.9. The molecule has 2 aromatic heterocycles. The molecule has 2 rings (SSSR count). The van der Waals surface area contributed by atoms with Crippen molar-refractivity contribution in [3.05, 3.63) is 29.7 Å². The van der Waals surface area contributed by atoms with Crippen molar-refractivity contribution in [3.63, 3.8) is 0 Å². The Labute approximate surface area is 120 Å². The molecule has 2 N–H and O–H groups in total. The molecule has 0 aromatic carbocycles. The number of carbonyl (C=O) groups is 1. The Balaban J connectivity index is 1.84. The molecule has 2 aromatic rings. The number of thiazole rings is 1. The second-order valence-electron chi connectivity index (χ2n) is 4.20. The Morgan fingerprint density at radius 1 is 1.65 bits per heavy atom. The second kappa shape index (κ2) is 7.18. The summed E-state index contributed by atoms with van der Waals surface area (Å²) in [6, 6.07) is 1.79. The number of furan rings is 1. The van der Waals surface area contributed by atoms with Gasteiger partial charge in [0.1, 0.15) is 17.0 Å². The minimum absolute atomic E-state index is 0.249. The maximum Gasteiger partial charge on any atom is 0.270 e. The molecule has 108 valence electrons. The minimum atomic E-state index is -0.572. The highest BCUT2D eigenvalue weighted by Crippen LogP contribution is 2.23. The first-order valence-electron chi connectivity index (χ1n) is 6.14. The van der Waals surface area contributed by atoms with Crippen molar-refractivity contribution < 1.29 is 19.1 Å². The molecule has 20 heavy (non-hydrogen) atoms. The fourth-order valence-electron chi connectivity index (χ4n) is 1.62. The molecule has 0 fully saturated rings. The van der Waals surface area contributed by atoms with Crippen LogP contribution in [-0.2, 0) is 4.74 Å². The van der Waals surface area contributed by atoms with Gasteiger partial charge in [-0.05, 0) is 12.5 Å². The van der Waals surface area contributed by atoms with Gasteiger partial charge >= 0.3 is 0 Å². The number of aliphatic hydroxyl groups is 1. The van der Waals surface area contributed by atoms with Crippen LogP contribution in [0.15, 0.2) is 28.4 Å². The highest BCUT2D eigenvalue weighted by atomic mass is 32.1. The van der Waals surface area contributed by atoms with Crippen LogP contribution >= 0.6 is 11.3 Å². The molecule has 0 aliphatic rings. The van der Waals surface area contributed by atoms with Crippen molar-refractivity contribution in [3.8, 4) is 10.6 Å². The second-order valence-corrected chi connectivity index (χ2v) is 5.06. The normalized spacial score (nSPS) is 12.3. The summed E-state index contributed by atoms with van der Waals surface area (Å²) in [5, 5.41) is 14.6. The third-order valence-corrected chi connectivity index (χ3v) is 3.52. The molecule has 0 radical (unpaired) electrons. The lowest BCUT2D eigenvalue weighted by molar-refractivity contribution is 0.0587. The van der Waals surface area contributed by atoms with Gasteiger partial charge in [-0.15, -0.1) is 11.3 Å². The summed E-state index contributed by atoms with van der Waals surface area (Å²) >= 11 is 1.38. The SMILES string of the molecule is COCC(O)CCNC(=O)c1csc(-c2ccoc2)n1. The molecule has 7 heteroatoms. The quantitative estimate of drug-likeness (QED) is 0.809. The summed E-state index contributed by atoms with van der Waals surface area (Å²) in [4.78, 5) is 16.1. The fourth-order valence-corrected chi connectivity index (χ4v) is 2.40. The smallest absolute Gasteiger partial charge is 0.270 e. The van der Waals surface area contributed by atoms with Crippen molar-refractivity contribution in [2.24, 2.45) is 0 Å². The molecule has 0 spiro atoms. The third kappa shape index (κ3) is 3.89. The first kappa shape index (κ1) is 14.7. The Hall–Kier alpha value is -1.70. The molecule has 2 heterocycles. The van der Waals surface area contributed by atoms with E-state index in [1.54, 1.807) is 24.0 Å². The van der Waals surface area contributed by atoms with E-state index in [4.69, 9.17) is 9.15 Å². The van der Waals surface area contributed by atoms with E-state index in [1.165, 1.54) is 18.4 Å². The van der Waals surface area contributed by atoms with E-state index in [1.807, 2.05) is 0 Å². The van der Waals surface area contributed by atoms with Gasteiger partial charge in [-0.1, -0.05) is 0 Å². The predicted octanol–water partition coefficient (Wildman–Crippen LogP) is 1.53. The highest BCUT2D eigenvalue weighted by Gasteiger charge is 2.12. The maximum atomic E-state index is 11.9. The van der Waals surface area contributed by atoms with E-state index in [-0.39, 0.29) is 12.5 Å². The molecule has 0 aliphatic heterocycles. The number of ether oxygens (including phenoxy) is 1. The van der Waals surface area contributed by atoms with Gasteiger partial charge in [0.05, 0.1) is 19.0 Å². The first-order valence-corrected chi connectivity index (χ1v) is 7.02. The number of methoxy groups -OCH3 is 1. The van der Waals surface area contributed by atoms with Crippen LogP contribution in [-0.4, -0.2) is 42.4 Å². The number of amides is 1. The number of nitrogens with zero attached hydrogens (tertiary/aromatic N) is 1. The topological polar surface area (TPSA) is 84.6 Å². The number of aromatic nitrogens is 1. The van der Waals surface area contributed by atoms with E-state index >= 15 is 0 Å². The Morgan fingerprint density at radius 3 is 3.20 bits per heavy atom. The minimum Gasteiger partial charge on any atom is -0.472 e. The van der Waals surface area contributed by atoms with Gasteiger partial charge in [-0.25, -0.2) is 4.98 Å². The molecule has 0 aliphatic carbocycles.